The number of methoxy groups -OCH3 is 1. The van der Waals surface area contributed by atoms with Crippen LogP contribution in [-0.4, -0.2) is 25.0 Å². The molecule has 0 radical (unpaired) electrons. The zero-order valence-corrected chi connectivity index (χ0v) is 11.5. The number of benzene rings is 1. The van der Waals surface area contributed by atoms with Crippen molar-refractivity contribution in [2.24, 2.45) is 5.41 Å². The molecule has 0 fully saturated rings. The van der Waals surface area contributed by atoms with Crippen LogP contribution in [0.25, 0.3) is 0 Å². The maximum Gasteiger partial charge on any atom is 0.328 e. The summed E-state index contributed by atoms with van der Waals surface area (Å²) in [6.07, 6.45) is 0. The summed E-state index contributed by atoms with van der Waals surface area (Å²) in [6.45, 7) is 5.42. The highest BCUT2D eigenvalue weighted by Crippen LogP contribution is 2.20. The van der Waals surface area contributed by atoms with E-state index >= 15 is 0 Å². The first-order chi connectivity index (χ1) is 8.75. The van der Waals surface area contributed by atoms with Gasteiger partial charge in [-0.2, -0.15) is 0 Å². The Hall–Kier alpha value is -1.91. The fourth-order valence-corrected chi connectivity index (χ4v) is 1.59. The summed E-state index contributed by atoms with van der Waals surface area (Å²) in [5.41, 5.74) is -0.339. The molecule has 0 bridgehead atoms. The van der Waals surface area contributed by atoms with Crippen LogP contribution in [0.2, 0.25) is 0 Å². The minimum Gasteiger partial charge on any atom is -0.467 e. The zero-order chi connectivity index (χ0) is 14.6. The lowest BCUT2D eigenvalue weighted by Crippen LogP contribution is -2.49. The van der Waals surface area contributed by atoms with Gasteiger partial charge in [0.15, 0.2) is 0 Å². The molecule has 4 nitrogen and oxygen atoms in total. The van der Waals surface area contributed by atoms with Crippen molar-refractivity contribution in [2.45, 2.75) is 26.8 Å². The van der Waals surface area contributed by atoms with Crippen LogP contribution < -0.4 is 5.32 Å². The molecule has 0 unspecified atom stereocenters. The van der Waals surface area contributed by atoms with Crippen molar-refractivity contribution < 1.29 is 18.7 Å². The van der Waals surface area contributed by atoms with Gasteiger partial charge < -0.3 is 10.1 Å². The summed E-state index contributed by atoms with van der Waals surface area (Å²) in [5.74, 6) is -1.54. The van der Waals surface area contributed by atoms with E-state index in [1.807, 2.05) is 0 Å². The lowest BCUT2D eigenvalue weighted by molar-refractivity contribution is -0.145. The van der Waals surface area contributed by atoms with Gasteiger partial charge in [0, 0.05) is 5.56 Å². The fourth-order valence-electron chi connectivity index (χ4n) is 1.59. The number of carbonyl (C=O) groups is 2. The summed E-state index contributed by atoms with van der Waals surface area (Å²) >= 11 is 0. The number of hydrogen-bond donors (Lipinski definition) is 1. The number of ether oxygens (including phenoxy) is 1. The molecular weight excluding hydrogens is 249 g/mol. The molecule has 0 heterocycles. The van der Waals surface area contributed by atoms with Gasteiger partial charge in [-0.05, 0) is 23.6 Å². The Morgan fingerprint density at radius 1 is 1.32 bits per heavy atom. The number of nitrogens with one attached hydrogen (secondary N) is 1. The quantitative estimate of drug-likeness (QED) is 0.854. The number of esters is 1. The molecule has 1 atom stereocenters. The van der Waals surface area contributed by atoms with Gasteiger partial charge in [-0.3, -0.25) is 4.79 Å². The Labute approximate surface area is 112 Å². The molecular formula is C14H18FNO3. The van der Waals surface area contributed by atoms with Crippen LogP contribution in [0.4, 0.5) is 4.39 Å². The number of carbonyl (C=O) groups excluding carboxylic acids is 2. The van der Waals surface area contributed by atoms with Crippen molar-refractivity contribution in [3.8, 4) is 0 Å². The predicted octanol–water partition coefficient (Wildman–Crippen LogP) is 2.14. The van der Waals surface area contributed by atoms with Gasteiger partial charge in [0.1, 0.15) is 11.9 Å². The molecule has 1 N–H and O–H groups in total. The molecule has 0 saturated carbocycles. The topological polar surface area (TPSA) is 55.4 Å². The third kappa shape index (κ3) is 4.05. The van der Waals surface area contributed by atoms with Gasteiger partial charge in [-0.1, -0.05) is 26.8 Å². The van der Waals surface area contributed by atoms with Gasteiger partial charge in [-0.15, -0.1) is 0 Å². The predicted molar refractivity (Wildman–Crippen MR) is 69.1 cm³/mol. The minimum atomic E-state index is -0.798. The smallest absolute Gasteiger partial charge is 0.328 e. The molecule has 0 aliphatic carbocycles. The van der Waals surface area contributed by atoms with E-state index in [4.69, 9.17) is 0 Å². The van der Waals surface area contributed by atoms with E-state index in [1.54, 1.807) is 20.8 Å². The van der Waals surface area contributed by atoms with E-state index in [2.05, 4.69) is 10.1 Å². The second kappa shape index (κ2) is 5.82. The molecule has 1 aromatic carbocycles. The van der Waals surface area contributed by atoms with E-state index in [0.29, 0.717) is 0 Å². The Morgan fingerprint density at radius 2 is 1.95 bits per heavy atom. The average molecular weight is 267 g/mol. The highest BCUT2D eigenvalue weighted by molar-refractivity contribution is 5.96. The van der Waals surface area contributed by atoms with Crippen molar-refractivity contribution in [2.75, 3.05) is 7.11 Å². The molecule has 0 spiro atoms. The van der Waals surface area contributed by atoms with Crippen molar-refractivity contribution in [3.05, 3.63) is 35.6 Å². The molecule has 1 amide bonds. The molecule has 0 aromatic heterocycles. The van der Waals surface area contributed by atoms with E-state index in [1.165, 1.54) is 25.3 Å². The summed E-state index contributed by atoms with van der Waals surface area (Å²) in [6, 6.07) is 4.49. The molecule has 104 valence electrons. The second-order valence-corrected chi connectivity index (χ2v) is 5.31. The van der Waals surface area contributed by atoms with Gasteiger partial charge in [0.2, 0.25) is 0 Å². The Morgan fingerprint density at radius 3 is 2.42 bits per heavy atom. The van der Waals surface area contributed by atoms with Gasteiger partial charge in [0.05, 0.1) is 7.11 Å². The van der Waals surface area contributed by atoms with Crippen LogP contribution in [0, 0.1) is 11.2 Å². The van der Waals surface area contributed by atoms with Crippen LogP contribution in [0.1, 0.15) is 31.1 Å². The van der Waals surface area contributed by atoms with Crippen LogP contribution in [0.3, 0.4) is 0 Å². The molecule has 0 saturated heterocycles. The van der Waals surface area contributed by atoms with Gasteiger partial charge >= 0.3 is 5.97 Å². The lowest BCUT2D eigenvalue weighted by atomic mass is 9.86. The second-order valence-electron chi connectivity index (χ2n) is 5.31. The standard InChI is InChI=1S/C14H18FNO3/c1-14(2,3)11(13(18)19-4)16-12(17)9-6-5-7-10(15)8-9/h5-8,11H,1-4H3,(H,16,17)/t11-/m1/s1. The van der Waals surface area contributed by atoms with E-state index in [0.717, 1.165) is 6.07 Å². The number of halogens is 1. The monoisotopic (exact) mass is 267 g/mol. The number of hydrogen-bond acceptors (Lipinski definition) is 3. The van der Waals surface area contributed by atoms with Crippen LogP contribution >= 0.6 is 0 Å². The molecule has 19 heavy (non-hydrogen) atoms. The van der Waals surface area contributed by atoms with Crippen molar-refractivity contribution in [3.63, 3.8) is 0 Å². The van der Waals surface area contributed by atoms with E-state index in [9.17, 15) is 14.0 Å². The largest absolute Gasteiger partial charge is 0.467 e. The summed E-state index contributed by atoms with van der Waals surface area (Å²) in [4.78, 5) is 23.7. The number of rotatable bonds is 3. The highest BCUT2D eigenvalue weighted by Gasteiger charge is 2.33. The fraction of sp³-hybridized carbons (Fsp3) is 0.429. The average Bonchev–Trinajstić information content (AvgIpc) is 2.33. The van der Waals surface area contributed by atoms with E-state index < -0.39 is 29.2 Å². The molecule has 0 aliphatic rings. The highest BCUT2D eigenvalue weighted by atomic mass is 19.1. The SMILES string of the molecule is COC(=O)[C@@H](NC(=O)c1cccc(F)c1)C(C)(C)C. The third-order valence-electron chi connectivity index (χ3n) is 2.67. The third-order valence-corrected chi connectivity index (χ3v) is 2.67. The van der Waals surface area contributed by atoms with Crippen molar-refractivity contribution >= 4 is 11.9 Å². The summed E-state index contributed by atoms with van der Waals surface area (Å²) in [7, 11) is 1.26. The number of amides is 1. The minimum absolute atomic E-state index is 0.165. The first kappa shape index (κ1) is 15.1. The molecule has 1 aromatic rings. The van der Waals surface area contributed by atoms with Gasteiger partial charge in [0.25, 0.3) is 5.91 Å². The first-order valence-electron chi connectivity index (χ1n) is 5.90. The maximum atomic E-state index is 13.1. The lowest BCUT2D eigenvalue weighted by Gasteiger charge is -2.29. The van der Waals surface area contributed by atoms with Crippen LogP contribution in [0.15, 0.2) is 24.3 Å². The maximum absolute atomic E-state index is 13.1. The molecule has 5 heteroatoms. The normalized spacial score (nSPS) is 12.7. The first-order valence-corrected chi connectivity index (χ1v) is 5.90. The Kier molecular flexibility index (Phi) is 4.64. The van der Waals surface area contributed by atoms with Crippen molar-refractivity contribution in [1.29, 1.82) is 0 Å². The zero-order valence-electron chi connectivity index (χ0n) is 11.5. The Bertz CT molecular complexity index is 480. The van der Waals surface area contributed by atoms with Gasteiger partial charge in [-0.25, -0.2) is 9.18 Å². The molecule has 0 aliphatic heterocycles. The Balaban J connectivity index is 2.91. The van der Waals surface area contributed by atoms with Crippen LogP contribution in [0.5, 0.6) is 0 Å². The molecule has 1 rings (SSSR count). The van der Waals surface area contributed by atoms with E-state index in [-0.39, 0.29) is 5.56 Å². The summed E-state index contributed by atoms with van der Waals surface area (Å²) < 4.78 is 17.7. The van der Waals surface area contributed by atoms with Crippen molar-refractivity contribution in [1.82, 2.24) is 5.32 Å². The summed E-state index contributed by atoms with van der Waals surface area (Å²) in [5, 5.41) is 2.57. The van der Waals surface area contributed by atoms with Crippen LogP contribution in [-0.2, 0) is 9.53 Å².